The third-order valence-electron chi connectivity index (χ3n) is 2.55. The third-order valence-corrected chi connectivity index (χ3v) is 2.55. The molecular weight excluding hydrogens is 226 g/mol. The van der Waals surface area contributed by atoms with E-state index < -0.39 is 29.9 Å². The molecule has 96 valence electrons. The first-order chi connectivity index (χ1) is 7.81. The lowest BCUT2D eigenvalue weighted by atomic mass is 10.1. The smallest absolute Gasteiger partial charge is 0.413 e. The maximum atomic E-state index is 11.8. The molecule has 0 saturated carbocycles. The van der Waals surface area contributed by atoms with E-state index in [-0.39, 0.29) is 6.61 Å². The van der Waals surface area contributed by atoms with Gasteiger partial charge in [-0.2, -0.15) is 0 Å². The summed E-state index contributed by atoms with van der Waals surface area (Å²) in [6, 6.07) is -1.04. The molecule has 1 saturated heterocycles. The van der Waals surface area contributed by atoms with Crippen LogP contribution in [0.1, 0.15) is 20.8 Å². The van der Waals surface area contributed by atoms with Gasteiger partial charge in [0.25, 0.3) is 0 Å². The Labute approximate surface area is 99.8 Å². The molecule has 2 atom stereocenters. The van der Waals surface area contributed by atoms with Gasteiger partial charge in [-0.05, 0) is 20.8 Å². The standard InChI is InChI=1S/C11H17NO5/c1-5-6-16-10(15)12-8(9(13)14)7(2)17-11(12,3)4/h5,7-8H,1,6H2,2-4H3,(H,13,14)/t7-,8+/m1/s1. The molecule has 1 amide bonds. The van der Waals surface area contributed by atoms with Crippen molar-refractivity contribution in [2.24, 2.45) is 0 Å². The molecule has 0 aromatic rings. The first-order valence-corrected chi connectivity index (χ1v) is 5.29. The zero-order chi connectivity index (χ0) is 13.2. The van der Waals surface area contributed by atoms with Crippen LogP contribution in [0.3, 0.4) is 0 Å². The van der Waals surface area contributed by atoms with Crippen LogP contribution >= 0.6 is 0 Å². The number of ether oxygens (including phenoxy) is 2. The molecule has 1 aliphatic heterocycles. The molecule has 6 heteroatoms. The number of carbonyl (C=O) groups is 2. The van der Waals surface area contributed by atoms with Gasteiger partial charge in [-0.1, -0.05) is 12.7 Å². The molecule has 0 unspecified atom stereocenters. The van der Waals surface area contributed by atoms with E-state index in [2.05, 4.69) is 6.58 Å². The topological polar surface area (TPSA) is 76.1 Å². The zero-order valence-electron chi connectivity index (χ0n) is 10.2. The molecule has 0 bridgehead atoms. The molecule has 1 rings (SSSR count). The Morgan fingerprint density at radius 1 is 1.59 bits per heavy atom. The lowest BCUT2D eigenvalue weighted by Gasteiger charge is -2.30. The van der Waals surface area contributed by atoms with E-state index in [1.165, 1.54) is 6.08 Å². The van der Waals surface area contributed by atoms with Crippen LogP contribution in [0.25, 0.3) is 0 Å². The fourth-order valence-electron chi connectivity index (χ4n) is 1.97. The first-order valence-electron chi connectivity index (χ1n) is 5.29. The summed E-state index contributed by atoms with van der Waals surface area (Å²) >= 11 is 0. The molecule has 0 radical (unpaired) electrons. The van der Waals surface area contributed by atoms with Gasteiger partial charge in [0.2, 0.25) is 0 Å². The molecule has 1 fully saturated rings. The van der Waals surface area contributed by atoms with Crippen molar-refractivity contribution < 1.29 is 24.2 Å². The van der Waals surface area contributed by atoms with Crippen LogP contribution in [0.4, 0.5) is 4.79 Å². The van der Waals surface area contributed by atoms with Gasteiger partial charge in [-0.3, -0.25) is 4.90 Å². The molecule has 0 aromatic heterocycles. The first kappa shape index (κ1) is 13.5. The molecule has 6 nitrogen and oxygen atoms in total. The van der Waals surface area contributed by atoms with Gasteiger partial charge in [0, 0.05) is 0 Å². The van der Waals surface area contributed by atoms with Crippen molar-refractivity contribution in [3.63, 3.8) is 0 Å². The molecule has 0 spiro atoms. The van der Waals surface area contributed by atoms with Crippen molar-refractivity contribution in [1.82, 2.24) is 4.90 Å². The Kier molecular flexibility index (Phi) is 3.77. The number of carbonyl (C=O) groups excluding carboxylic acids is 1. The average molecular weight is 243 g/mol. The highest BCUT2D eigenvalue weighted by Crippen LogP contribution is 2.32. The molecule has 0 aromatic carbocycles. The Balaban J connectivity index is 2.93. The highest BCUT2D eigenvalue weighted by atomic mass is 16.6. The van der Waals surface area contributed by atoms with Crippen molar-refractivity contribution in [2.75, 3.05) is 6.61 Å². The van der Waals surface area contributed by atoms with E-state index in [0.29, 0.717) is 0 Å². The third kappa shape index (κ3) is 2.58. The van der Waals surface area contributed by atoms with E-state index in [9.17, 15) is 9.59 Å². The van der Waals surface area contributed by atoms with Crippen LogP contribution in [0.2, 0.25) is 0 Å². The Morgan fingerprint density at radius 2 is 2.18 bits per heavy atom. The van der Waals surface area contributed by atoms with Gasteiger partial charge >= 0.3 is 12.1 Å². The van der Waals surface area contributed by atoms with Crippen LogP contribution in [-0.2, 0) is 14.3 Å². The summed E-state index contributed by atoms with van der Waals surface area (Å²) in [5, 5.41) is 9.11. The number of amides is 1. The predicted octanol–water partition coefficient (Wildman–Crippen LogP) is 1.22. The molecular formula is C11H17NO5. The zero-order valence-corrected chi connectivity index (χ0v) is 10.2. The molecule has 1 heterocycles. The Morgan fingerprint density at radius 3 is 2.65 bits per heavy atom. The van der Waals surface area contributed by atoms with E-state index in [0.717, 1.165) is 4.90 Å². The summed E-state index contributed by atoms with van der Waals surface area (Å²) in [6.45, 7) is 8.32. The van der Waals surface area contributed by atoms with Gasteiger partial charge < -0.3 is 14.6 Å². The lowest BCUT2D eigenvalue weighted by molar-refractivity contribution is -0.142. The second-order valence-electron chi connectivity index (χ2n) is 4.29. The van der Waals surface area contributed by atoms with E-state index in [1.54, 1.807) is 20.8 Å². The second-order valence-corrected chi connectivity index (χ2v) is 4.29. The number of carboxylic acid groups (broad SMARTS) is 1. The van der Waals surface area contributed by atoms with E-state index in [4.69, 9.17) is 14.6 Å². The summed E-state index contributed by atoms with van der Waals surface area (Å²) < 4.78 is 10.3. The highest BCUT2D eigenvalue weighted by molar-refractivity contribution is 5.81. The fourth-order valence-corrected chi connectivity index (χ4v) is 1.97. The molecule has 17 heavy (non-hydrogen) atoms. The van der Waals surface area contributed by atoms with Crippen LogP contribution in [0, 0.1) is 0 Å². The van der Waals surface area contributed by atoms with Crippen molar-refractivity contribution in [3.05, 3.63) is 12.7 Å². The van der Waals surface area contributed by atoms with Gasteiger partial charge in [-0.15, -0.1) is 0 Å². The van der Waals surface area contributed by atoms with Crippen LogP contribution in [-0.4, -0.2) is 46.5 Å². The average Bonchev–Trinajstić information content (AvgIpc) is 2.44. The summed E-state index contributed by atoms with van der Waals surface area (Å²) in [5.74, 6) is -1.11. The Hall–Kier alpha value is -1.56. The van der Waals surface area contributed by atoms with Crippen molar-refractivity contribution >= 4 is 12.1 Å². The number of aliphatic carboxylic acids is 1. The van der Waals surface area contributed by atoms with Crippen molar-refractivity contribution in [1.29, 1.82) is 0 Å². The van der Waals surface area contributed by atoms with E-state index in [1.807, 2.05) is 0 Å². The number of hydrogen-bond acceptors (Lipinski definition) is 4. The quantitative estimate of drug-likeness (QED) is 0.754. The maximum Gasteiger partial charge on any atom is 0.413 e. The number of hydrogen-bond donors (Lipinski definition) is 1. The largest absolute Gasteiger partial charge is 0.480 e. The number of carboxylic acids is 1. The molecule has 0 aliphatic carbocycles. The molecule has 1 aliphatic rings. The summed E-state index contributed by atoms with van der Waals surface area (Å²) in [5.41, 5.74) is -0.999. The maximum absolute atomic E-state index is 11.8. The lowest BCUT2D eigenvalue weighted by Crippen LogP contribution is -2.51. The fraction of sp³-hybridized carbons (Fsp3) is 0.636. The van der Waals surface area contributed by atoms with Crippen LogP contribution < -0.4 is 0 Å². The number of nitrogens with zero attached hydrogens (tertiary/aromatic N) is 1. The second kappa shape index (κ2) is 4.75. The minimum absolute atomic E-state index is 0.0339. The highest BCUT2D eigenvalue weighted by Gasteiger charge is 2.52. The minimum Gasteiger partial charge on any atom is -0.480 e. The monoisotopic (exact) mass is 243 g/mol. The van der Waals surface area contributed by atoms with Crippen molar-refractivity contribution in [2.45, 2.75) is 38.6 Å². The predicted molar refractivity (Wildman–Crippen MR) is 59.4 cm³/mol. The summed E-state index contributed by atoms with van der Waals surface area (Å²) in [6.07, 6.45) is 0.117. The Bertz CT molecular complexity index is 339. The van der Waals surface area contributed by atoms with Crippen LogP contribution in [0.15, 0.2) is 12.7 Å². The minimum atomic E-state index is -1.11. The van der Waals surface area contributed by atoms with Crippen molar-refractivity contribution in [3.8, 4) is 0 Å². The van der Waals surface area contributed by atoms with Gasteiger partial charge in [0.05, 0.1) is 6.10 Å². The van der Waals surface area contributed by atoms with E-state index >= 15 is 0 Å². The summed E-state index contributed by atoms with van der Waals surface area (Å²) in [7, 11) is 0. The van der Waals surface area contributed by atoms with Gasteiger partial charge in [0.1, 0.15) is 12.3 Å². The van der Waals surface area contributed by atoms with Gasteiger partial charge in [-0.25, -0.2) is 9.59 Å². The summed E-state index contributed by atoms with van der Waals surface area (Å²) in [4.78, 5) is 24.0. The molecule has 1 N–H and O–H groups in total. The van der Waals surface area contributed by atoms with Crippen LogP contribution in [0.5, 0.6) is 0 Å². The normalized spacial score (nSPS) is 26.6. The SMILES string of the molecule is C=CCOC(=O)N1[C@H](C(=O)O)[C@@H](C)OC1(C)C. The number of rotatable bonds is 3. The van der Waals surface area contributed by atoms with Gasteiger partial charge in [0.15, 0.2) is 6.04 Å².